The predicted octanol–water partition coefficient (Wildman–Crippen LogP) is 3.72. The highest BCUT2D eigenvalue weighted by Crippen LogP contribution is 2.36. The molecule has 0 aliphatic carbocycles. The van der Waals surface area contributed by atoms with Gasteiger partial charge in [0.2, 0.25) is 0 Å². The van der Waals surface area contributed by atoms with Crippen LogP contribution in [0.2, 0.25) is 0 Å². The monoisotopic (exact) mass is 432 g/mol. The summed E-state index contributed by atoms with van der Waals surface area (Å²) in [5.41, 5.74) is 5.31. The second-order valence-electron chi connectivity index (χ2n) is 9.24. The number of fused-ring (bicyclic) bond motifs is 1. The summed E-state index contributed by atoms with van der Waals surface area (Å²) in [5, 5.41) is 6.82. The number of aromatic nitrogens is 3. The van der Waals surface area contributed by atoms with E-state index in [1.807, 2.05) is 6.07 Å². The van der Waals surface area contributed by atoms with Crippen LogP contribution in [0, 0.1) is 5.41 Å². The van der Waals surface area contributed by atoms with Crippen molar-refractivity contribution in [1.82, 2.24) is 20.3 Å². The average molecular weight is 433 g/mol. The van der Waals surface area contributed by atoms with Crippen LogP contribution < -0.4 is 15.5 Å². The highest BCUT2D eigenvalue weighted by molar-refractivity contribution is 5.88. The van der Waals surface area contributed by atoms with Crippen LogP contribution in [0.25, 0.3) is 22.3 Å². The Labute approximate surface area is 189 Å². The number of pyridine rings is 1. The van der Waals surface area contributed by atoms with Crippen molar-refractivity contribution in [2.45, 2.75) is 32.8 Å². The van der Waals surface area contributed by atoms with Crippen LogP contribution in [-0.4, -0.2) is 60.4 Å². The molecule has 0 saturated carbocycles. The van der Waals surface area contributed by atoms with Crippen molar-refractivity contribution >= 4 is 22.5 Å². The second-order valence-corrected chi connectivity index (χ2v) is 9.24. The van der Waals surface area contributed by atoms with Crippen molar-refractivity contribution < 1.29 is 4.74 Å². The van der Waals surface area contributed by atoms with E-state index in [4.69, 9.17) is 9.72 Å². The molecule has 7 nitrogen and oxygen atoms in total. The number of benzene rings is 1. The Morgan fingerprint density at radius 3 is 2.81 bits per heavy atom. The quantitative estimate of drug-likeness (QED) is 0.615. The molecule has 0 amide bonds. The summed E-state index contributed by atoms with van der Waals surface area (Å²) < 4.78 is 5.82. The van der Waals surface area contributed by atoms with Gasteiger partial charge < -0.3 is 20.3 Å². The van der Waals surface area contributed by atoms with Crippen LogP contribution in [0.3, 0.4) is 0 Å². The van der Waals surface area contributed by atoms with Crippen LogP contribution in [0.5, 0.6) is 0 Å². The van der Waals surface area contributed by atoms with Crippen molar-refractivity contribution in [2.75, 3.05) is 49.5 Å². The molecule has 1 aromatic carbocycles. The minimum absolute atomic E-state index is 0.120. The zero-order chi connectivity index (χ0) is 22.0. The van der Waals surface area contributed by atoms with Gasteiger partial charge in [0.05, 0.1) is 23.9 Å². The van der Waals surface area contributed by atoms with Gasteiger partial charge in [0.25, 0.3) is 0 Å². The standard InChI is InChI=1S/C25H32N6O/c1-3-25(2)8-12-31(17-25)19-6-4-18(5-7-19)21-14-22-23(28-10-9-27-22)24(30-21)29-16-20-15-26-11-13-32-20/h4-7,9-10,14,20,26H,3,8,11-13,15-17H2,1-2H3,(H,29,30). The van der Waals surface area contributed by atoms with Crippen molar-refractivity contribution in [1.29, 1.82) is 0 Å². The molecule has 2 aliphatic heterocycles. The number of morpholine rings is 1. The molecule has 0 spiro atoms. The molecule has 2 unspecified atom stereocenters. The van der Waals surface area contributed by atoms with Gasteiger partial charge >= 0.3 is 0 Å². The Kier molecular flexibility index (Phi) is 5.93. The molecular weight excluding hydrogens is 400 g/mol. The zero-order valence-electron chi connectivity index (χ0n) is 19.0. The molecule has 2 aromatic heterocycles. The number of hydrogen-bond acceptors (Lipinski definition) is 7. The molecule has 32 heavy (non-hydrogen) atoms. The molecule has 7 heteroatoms. The maximum Gasteiger partial charge on any atom is 0.154 e. The molecule has 2 saturated heterocycles. The normalized spacial score (nSPS) is 23.6. The number of rotatable bonds is 6. The van der Waals surface area contributed by atoms with Crippen molar-refractivity contribution in [3.8, 4) is 11.3 Å². The van der Waals surface area contributed by atoms with Crippen LogP contribution >= 0.6 is 0 Å². The van der Waals surface area contributed by atoms with E-state index < -0.39 is 0 Å². The van der Waals surface area contributed by atoms with Gasteiger partial charge in [-0.25, -0.2) is 9.97 Å². The maximum atomic E-state index is 5.82. The lowest BCUT2D eigenvalue weighted by Gasteiger charge is -2.24. The highest BCUT2D eigenvalue weighted by atomic mass is 16.5. The summed E-state index contributed by atoms with van der Waals surface area (Å²) in [5.74, 6) is 0.752. The Hall–Kier alpha value is -2.77. The molecule has 168 valence electrons. The molecule has 4 heterocycles. The summed E-state index contributed by atoms with van der Waals surface area (Å²) in [4.78, 5) is 16.5. The third-order valence-corrected chi connectivity index (χ3v) is 6.90. The van der Waals surface area contributed by atoms with Gasteiger partial charge in [0.1, 0.15) is 5.52 Å². The Morgan fingerprint density at radius 1 is 1.22 bits per heavy atom. The van der Waals surface area contributed by atoms with Gasteiger partial charge in [-0.1, -0.05) is 26.0 Å². The molecule has 0 bridgehead atoms. The minimum Gasteiger partial charge on any atom is -0.374 e. The molecule has 2 atom stereocenters. The van der Waals surface area contributed by atoms with Crippen LogP contribution in [0.15, 0.2) is 42.7 Å². The van der Waals surface area contributed by atoms with Crippen LogP contribution in [-0.2, 0) is 4.74 Å². The lowest BCUT2D eigenvalue weighted by Crippen LogP contribution is -2.42. The summed E-state index contributed by atoms with van der Waals surface area (Å²) in [6.45, 7) is 10.1. The van der Waals surface area contributed by atoms with E-state index in [9.17, 15) is 0 Å². The lowest BCUT2D eigenvalue weighted by atomic mass is 9.87. The topological polar surface area (TPSA) is 75.2 Å². The van der Waals surface area contributed by atoms with Crippen LogP contribution in [0.1, 0.15) is 26.7 Å². The van der Waals surface area contributed by atoms with E-state index in [0.29, 0.717) is 12.0 Å². The summed E-state index contributed by atoms with van der Waals surface area (Å²) in [7, 11) is 0. The number of nitrogens with one attached hydrogen (secondary N) is 2. The smallest absolute Gasteiger partial charge is 0.154 e. The predicted molar refractivity (Wildman–Crippen MR) is 129 cm³/mol. The average Bonchev–Trinajstić information content (AvgIpc) is 3.26. The third-order valence-electron chi connectivity index (χ3n) is 6.90. The Balaban J connectivity index is 1.39. The number of anilines is 2. The highest BCUT2D eigenvalue weighted by Gasteiger charge is 2.32. The Bertz CT molecular complexity index is 1070. The fourth-order valence-electron chi connectivity index (χ4n) is 4.58. The molecule has 2 fully saturated rings. The first-order valence-electron chi connectivity index (χ1n) is 11.7. The van der Waals surface area contributed by atoms with Gasteiger partial charge in [0.15, 0.2) is 5.82 Å². The molecular formula is C25H32N6O. The fourth-order valence-corrected chi connectivity index (χ4v) is 4.58. The molecule has 2 N–H and O–H groups in total. The van der Waals surface area contributed by atoms with Crippen molar-refractivity contribution in [3.63, 3.8) is 0 Å². The SMILES string of the molecule is CCC1(C)CCN(c2ccc(-c3cc4nccnc4c(NCC4CNCCO4)n3)cc2)C1. The van der Waals surface area contributed by atoms with Gasteiger partial charge in [0, 0.05) is 56.4 Å². The molecule has 5 rings (SSSR count). The lowest BCUT2D eigenvalue weighted by molar-refractivity contribution is 0.0372. The van der Waals surface area contributed by atoms with E-state index in [1.54, 1.807) is 12.4 Å². The Morgan fingerprint density at radius 2 is 2.06 bits per heavy atom. The summed E-state index contributed by atoms with van der Waals surface area (Å²) >= 11 is 0. The van der Waals surface area contributed by atoms with Gasteiger partial charge in [-0.15, -0.1) is 0 Å². The van der Waals surface area contributed by atoms with E-state index in [0.717, 1.165) is 60.9 Å². The summed E-state index contributed by atoms with van der Waals surface area (Å²) in [6.07, 6.45) is 6.04. The largest absolute Gasteiger partial charge is 0.374 e. The zero-order valence-corrected chi connectivity index (χ0v) is 19.0. The van der Waals surface area contributed by atoms with Gasteiger partial charge in [-0.3, -0.25) is 4.98 Å². The van der Waals surface area contributed by atoms with E-state index in [2.05, 4.69) is 63.6 Å². The van der Waals surface area contributed by atoms with Crippen molar-refractivity contribution in [2.24, 2.45) is 5.41 Å². The van der Waals surface area contributed by atoms with E-state index in [1.165, 1.54) is 18.5 Å². The van der Waals surface area contributed by atoms with Gasteiger partial charge in [-0.05, 0) is 36.5 Å². The minimum atomic E-state index is 0.120. The molecule has 0 radical (unpaired) electrons. The third kappa shape index (κ3) is 4.40. The molecule has 3 aromatic rings. The first-order valence-corrected chi connectivity index (χ1v) is 11.7. The van der Waals surface area contributed by atoms with Gasteiger partial charge in [-0.2, -0.15) is 0 Å². The first kappa shape index (κ1) is 21.1. The fraction of sp³-hybridized carbons (Fsp3) is 0.480. The number of ether oxygens (including phenoxy) is 1. The maximum absolute atomic E-state index is 5.82. The number of nitrogens with zero attached hydrogens (tertiary/aromatic N) is 4. The number of hydrogen-bond donors (Lipinski definition) is 2. The van der Waals surface area contributed by atoms with E-state index >= 15 is 0 Å². The van der Waals surface area contributed by atoms with Crippen molar-refractivity contribution in [3.05, 3.63) is 42.7 Å². The van der Waals surface area contributed by atoms with E-state index in [-0.39, 0.29) is 6.10 Å². The molecule has 2 aliphatic rings. The first-order chi connectivity index (χ1) is 15.6. The van der Waals surface area contributed by atoms with Crippen LogP contribution in [0.4, 0.5) is 11.5 Å². The second kappa shape index (κ2) is 9.00. The summed E-state index contributed by atoms with van der Waals surface area (Å²) in [6, 6.07) is 10.8.